The molecule has 0 bridgehead atoms. The third kappa shape index (κ3) is 3.23. The van der Waals surface area contributed by atoms with E-state index in [1.54, 1.807) is 12.1 Å². The van der Waals surface area contributed by atoms with Crippen molar-refractivity contribution in [2.45, 2.75) is 26.3 Å². The van der Waals surface area contributed by atoms with Crippen molar-refractivity contribution in [2.75, 3.05) is 17.7 Å². The highest BCUT2D eigenvalue weighted by atomic mass is 19.1. The van der Waals surface area contributed by atoms with Gasteiger partial charge in [-0.05, 0) is 13.0 Å². The summed E-state index contributed by atoms with van der Waals surface area (Å²) in [5.41, 5.74) is 0.621. The summed E-state index contributed by atoms with van der Waals surface area (Å²) in [7, 11) is 1.81. The van der Waals surface area contributed by atoms with Crippen LogP contribution in [0.5, 0.6) is 0 Å². The van der Waals surface area contributed by atoms with Gasteiger partial charge in [0.15, 0.2) is 0 Å². The van der Waals surface area contributed by atoms with Crippen LogP contribution in [0.4, 0.5) is 16.0 Å². The number of hydrogen-bond acceptors (Lipinski definition) is 4. The molecular weight excluding hydrogens is 255 g/mol. The highest BCUT2D eigenvalue weighted by molar-refractivity contribution is 5.48. The summed E-state index contributed by atoms with van der Waals surface area (Å²) in [6.45, 7) is 3.91. The lowest BCUT2D eigenvalue weighted by Gasteiger charge is -2.16. The highest BCUT2D eigenvalue weighted by Crippen LogP contribution is 2.21. The molecule has 20 heavy (non-hydrogen) atoms. The van der Waals surface area contributed by atoms with E-state index in [0.29, 0.717) is 11.4 Å². The Labute approximate surface area is 118 Å². The molecule has 0 fully saturated rings. The summed E-state index contributed by atoms with van der Waals surface area (Å²) in [5.74, 6) is 1.98. The molecule has 0 aliphatic heterocycles. The van der Waals surface area contributed by atoms with Gasteiger partial charge in [-0.25, -0.2) is 14.4 Å². The van der Waals surface area contributed by atoms with Crippen LogP contribution in [0.3, 0.4) is 0 Å². The Hall–Kier alpha value is -2.17. The molecule has 0 saturated carbocycles. The summed E-state index contributed by atoms with van der Waals surface area (Å²) in [4.78, 5) is 8.74. The second-order valence-electron chi connectivity index (χ2n) is 4.55. The zero-order valence-electron chi connectivity index (χ0n) is 11.9. The fourth-order valence-electron chi connectivity index (χ4n) is 1.98. The molecule has 1 atom stereocenters. The molecule has 0 amide bonds. The van der Waals surface area contributed by atoms with E-state index in [1.807, 2.05) is 33.0 Å². The van der Waals surface area contributed by atoms with Gasteiger partial charge in [0.25, 0.3) is 0 Å². The Kier molecular flexibility index (Phi) is 4.50. The van der Waals surface area contributed by atoms with Crippen LogP contribution in [-0.4, -0.2) is 17.0 Å². The van der Waals surface area contributed by atoms with Gasteiger partial charge in [-0.15, -0.1) is 0 Å². The molecule has 106 valence electrons. The summed E-state index contributed by atoms with van der Waals surface area (Å²) in [6, 6.07) is 8.40. The standard InChI is InChI=1S/C15H19FN4/c1-4-13-19-14(17-3)9-15(20-13)18-10(2)11-7-5-6-8-12(11)16/h5-10H,4H2,1-3H3,(H2,17,18,19,20). The minimum atomic E-state index is -0.217. The van der Waals surface area contributed by atoms with E-state index in [0.717, 1.165) is 18.1 Å². The predicted octanol–water partition coefficient (Wildman–Crippen LogP) is 3.39. The van der Waals surface area contributed by atoms with Gasteiger partial charge >= 0.3 is 0 Å². The van der Waals surface area contributed by atoms with Crippen molar-refractivity contribution in [3.63, 3.8) is 0 Å². The fourth-order valence-corrected chi connectivity index (χ4v) is 1.98. The Morgan fingerprint density at radius 3 is 2.55 bits per heavy atom. The van der Waals surface area contributed by atoms with Crippen LogP contribution in [0.2, 0.25) is 0 Å². The van der Waals surface area contributed by atoms with Gasteiger partial charge in [0.2, 0.25) is 0 Å². The number of benzene rings is 1. The second kappa shape index (κ2) is 6.32. The van der Waals surface area contributed by atoms with E-state index in [-0.39, 0.29) is 11.9 Å². The molecule has 0 saturated heterocycles. The predicted molar refractivity (Wildman–Crippen MR) is 79.4 cm³/mol. The van der Waals surface area contributed by atoms with Crippen molar-refractivity contribution < 1.29 is 4.39 Å². The van der Waals surface area contributed by atoms with Crippen LogP contribution < -0.4 is 10.6 Å². The van der Waals surface area contributed by atoms with Crippen molar-refractivity contribution in [1.82, 2.24) is 9.97 Å². The number of anilines is 2. The average molecular weight is 274 g/mol. The Morgan fingerprint density at radius 2 is 1.90 bits per heavy atom. The number of nitrogens with zero attached hydrogens (tertiary/aromatic N) is 2. The van der Waals surface area contributed by atoms with Gasteiger partial charge in [-0.2, -0.15) is 0 Å². The van der Waals surface area contributed by atoms with Crippen molar-refractivity contribution in [1.29, 1.82) is 0 Å². The number of aryl methyl sites for hydroxylation is 1. The van der Waals surface area contributed by atoms with Gasteiger partial charge in [-0.3, -0.25) is 0 Å². The number of nitrogens with one attached hydrogen (secondary N) is 2. The maximum absolute atomic E-state index is 13.7. The van der Waals surface area contributed by atoms with Crippen LogP contribution in [0.25, 0.3) is 0 Å². The quantitative estimate of drug-likeness (QED) is 0.877. The molecule has 1 unspecified atom stereocenters. The SMILES string of the molecule is CCc1nc(NC)cc(NC(C)c2ccccc2F)n1. The van der Waals surface area contributed by atoms with Gasteiger partial charge in [0.1, 0.15) is 23.3 Å². The first-order valence-corrected chi connectivity index (χ1v) is 6.70. The maximum Gasteiger partial charge on any atom is 0.132 e. The normalized spacial score (nSPS) is 12.0. The summed E-state index contributed by atoms with van der Waals surface area (Å²) in [6.07, 6.45) is 0.748. The van der Waals surface area contributed by atoms with E-state index in [1.165, 1.54) is 6.07 Å². The topological polar surface area (TPSA) is 49.8 Å². The van der Waals surface area contributed by atoms with Crippen LogP contribution in [0.1, 0.15) is 31.3 Å². The lowest BCUT2D eigenvalue weighted by atomic mass is 10.1. The largest absolute Gasteiger partial charge is 0.373 e. The van der Waals surface area contributed by atoms with E-state index in [2.05, 4.69) is 20.6 Å². The number of rotatable bonds is 5. The Morgan fingerprint density at radius 1 is 1.20 bits per heavy atom. The van der Waals surface area contributed by atoms with Crippen LogP contribution in [0.15, 0.2) is 30.3 Å². The summed E-state index contributed by atoms with van der Waals surface area (Å²) in [5, 5.41) is 6.22. The molecular formula is C15H19FN4. The smallest absolute Gasteiger partial charge is 0.132 e. The van der Waals surface area contributed by atoms with Crippen molar-refractivity contribution in [2.24, 2.45) is 0 Å². The molecule has 1 aromatic carbocycles. The van der Waals surface area contributed by atoms with E-state index >= 15 is 0 Å². The van der Waals surface area contributed by atoms with E-state index in [9.17, 15) is 4.39 Å². The molecule has 5 heteroatoms. The molecule has 0 radical (unpaired) electrons. The number of hydrogen-bond donors (Lipinski definition) is 2. The Bertz CT molecular complexity index is 564. The number of halogens is 1. The zero-order valence-corrected chi connectivity index (χ0v) is 11.9. The average Bonchev–Trinajstić information content (AvgIpc) is 2.47. The monoisotopic (exact) mass is 274 g/mol. The maximum atomic E-state index is 13.7. The third-order valence-corrected chi connectivity index (χ3v) is 3.08. The highest BCUT2D eigenvalue weighted by Gasteiger charge is 2.11. The first kappa shape index (κ1) is 14.2. The van der Waals surface area contributed by atoms with E-state index < -0.39 is 0 Å². The van der Waals surface area contributed by atoms with Gasteiger partial charge in [0, 0.05) is 25.1 Å². The van der Waals surface area contributed by atoms with Crippen LogP contribution in [-0.2, 0) is 6.42 Å². The molecule has 2 rings (SSSR count). The van der Waals surface area contributed by atoms with Gasteiger partial charge in [-0.1, -0.05) is 25.1 Å². The molecule has 2 aromatic rings. The molecule has 1 aromatic heterocycles. The van der Waals surface area contributed by atoms with Gasteiger partial charge < -0.3 is 10.6 Å². The molecule has 0 aliphatic carbocycles. The Balaban J connectivity index is 2.23. The molecule has 1 heterocycles. The van der Waals surface area contributed by atoms with Gasteiger partial charge in [0.05, 0.1) is 6.04 Å². The lowest BCUT2D eigenvalue weighted by Crippen LogP contribution is -2.11. The van der Waals surface area contributed by atoms with E-state index in [4.69, 9.17) is 0 Å². The van der Waals surface area contributed by atoms with Crippen LogP contribution >= 0.6 is 0 Å². The minimum Gasteiger partial charge on any atom is -0.373 e. The minimum absolute atomic E-state index is 0.166. The molecule has 0 spiro atoms. The third-order valence-electron chi connectivity index (χ3n) is 3.08. The van der Waals surface area contributed by atoms with Crippen molar-refractivity contribution in [3.05, 3.63) is 47.5 Å². The van der Waals surface area contributed by atoms with Crippen molar-refractivity contribution >= 4 is 11.6 Å². The molecule has 0 aliphatic rings. The lowest BCUT2D eigenvalue weighted by molar-refractivity contribution is 0.600. The molecule has 2 N–H and O–H groups in total. The fraction of sp³-hybridized carbons (Fsp3) is 0.333. The summed E-state index contributed by atoms with van der Waals surface area (Å²) < 4.78 is 13.7. The van der Waals surface area contributed by atoms with Crippen LogP contribution in [0, 0.1) is 5.82 Å². The summed E-state index contributed by atoms with van der Waals surface area (Å²) >= 11 is 0. The first-order valence-electron chi connectivity index (χ1n) is 6.70. The number of aromatic nitrogens is 2. The zero-order chi connectivity index (χ0) is 14.5. The second-order valence-corrected chi connectivity index (χ2v) is 4.55. The van der Waals surface area contributed by atoms with Crippen molar-refractivity contribution in [3.8, 4) is 0 Å². The first-order chi connectivity index (χ1) is 9.63. The molecule has 4 nitrogen and oxygen atoms in total.